The number of nitrogens with zero attached hydrogens (tertiary/aromatic N) is 1. The lowest BCUT2D eigenvalue weighted by Crippen LogP contribution is -2.23. The quantitative estimate of drug-likeness (QED) is 0.581. The van der Waals surface area contributed by atoms with Crippen LogP contribution in [0.2, 0.25) is 5.02 Å². The van der Waals surface area contributed by atoms with Crippen LogP contribution < -0.4 is 11.5 Å². The molecule has 0 aliphatic rings. The molecule has 1 unspecified atom stereocenters. The predicted octanol–water partition coefficient (Wildman–Crippen LogP) is 5.06. The van der Waals surface area contributed by atoms with Crippen LogP contribution in [0.1, 0.15) is 49.9 Å². The second-order valence-corrected chi connectivity index (χ2v) is 7.57. The van der Waals surface area contributed by atoms with Gasteiger partial charge in [-0.1, -0.05) is 80.9 Å². The molecule has 2 aromatic carbocycles. The molecule has 0 bridgehead atoms. The van der Waals surface area contributed by atoms with Gasteiger partial charge in [0, 0.05) is 5.02 Å². The van der Waals surface area contributed by atoms with Crippen LogP contribution >= 0.6 is 11.6 Å². The molecule has 3 nitrogen and oxygen atoms in total. The van der Waals surface area contributed by atoms with Gasteiger partial charge < -0.3 is 11.5 Å². The predicted molar refractivity (Wildman–Crippen MR) is 109 cm³/mol. The fourth-order valence-corrected chi connectivity index (χ4v) is 2.68. The van der Waals surface area contributed by atoms with E-state index in [2.05, 4.69) is 62.2 Å². The minimum Gasteiger partial charge on any atom is -0.370 e. The molecule has 4 heteroatoms. The molecule has 0 spiro atoms. The van der Waals surface area contributed by atoms with Crippen LogP contribution in [0.25, 0.3) is 6.08 Å². The highest BCUT2D eigenvalue weighted by Crippen LogP contribution is 2.27. The van der Waals surface area contributed by atoms with Crippen molar-refractivity contribution in [3.63, 3.8) is 0 Å². The number of aliphatic imine (C=N–C) groups is 1. The fourth-order valence-electron chi connectivity index (χ4n) is 2.56. The highest BCUT2D eigenvalue weighted by molar-refractivity contribution is 6.30. The minimum absolute atomic E-state index is 0.0948. The number of halogens is 1. The number of benzene rings is 2. The second kappa shape index (κ2) is 8.21. The van der Waals surface area contributed by atoms with Gasteiger partial charge in [-0.2, -0.15) is 0 Å². The van der Waals surface area contributed by atoms with Gasteiger partial charge >= 0.3 is 0 Å². The molecule has 0 radical (unpaired) electrons. The maximum Gasteiger partial charge on any atom is 0.186 e. The van der Waals surface area contributed by atoms with Gasteiger partial charge in [0.25, 0.3) is 0 Å². The Hall–Kier alpha value is -2.26. The Kier molecular flexibility index (Phi) is 6.27. The van der Waals surface area contributed by atoms with Crippen LogP contribution in [0.3, 0.4) is 0 Å². The number of hydrogen-bond acceptors (Lipinski definition) is 1. The van der Waals surface area contributed by atoms with Gasteiger partial charge in [0.05, 0.1) is 6.04 Å². The van der Waals surface area contributed by atoms with Crippen LogP contribution in [0, 0.1) is 0 Å². The summed E-state index contributed by atoms with van der Waals surface area (Å²) in [5, 5.41) is 0.731. The van der Waals surface area contributed by atoms with Gasteiger partial charge in [-0.15, -0.1) is 0 Å². The molecule has 0 saturated heterocycles. The van der Waals surface area contributed by atoms with Crippen molar-refractivity contribution in [3.8, 4) is 0 Å². The van der Waals surface area contributed by atoms with E-state index in [4.69, 9.17) is 23.1 Å². The van der Waals surface area contributed by atoms with Crippen LogP contribution in [0.5, 0.6) is 0 Å². The zero-order chi connectivity index (χ0) is 18.4. The summed E-state index contributed by atoms with van der Waals surface area (Å²) in [7, 11) is 0. The zero-order valence-electron chi connectivity index (χ0n) is 15.0. The van der Waals surface area contributed by atoms with E-state index in [0.717, 1.165) is 22.6 Å². The van der Waals surface area contributed by atoms with Crippen LogP contribution in [-0.4, -0.2) is 5.96 Å². The largest absolute Gasteiger partial charge is 0.370 e. The maximum absolute atomic E-state index is 5.91. The van der Waals surface area contributed by atoms with E-state index in [-0.39, 0.29) is 17.4 Å². The first-order chi connectivity index (χ1) is 11.8. The van der Waals surface area contributed by atoms with Crippen molar-refractivity contribution in [2.24, 2.45) is 16.5 Å². The summed E-state index contributed by atoms with van der Waals surface area (Å²) in [5.41, 5.74) is 14.8. The van der Waals surface area contributed by atoms with Gasteiger partial charge in [0.2, 0.25) is 0 Å². The summed E-state index contributed by atoms with van der Waals surface area (Å²) >= 11 is 5.91. The Bertz CT molecular complexity index is 734. The zero-order valence-corrected chi connectivity index (χ0v) is 15.8. The molecule has 0 amide bonds. The third kappa shape index (κ3) is 5.95. The Morgan fingerprint density at radius 3 is 2.16 bits per heavy atom. The number of guanidine groups is 1. The van der Waals surface area contributed by atoms with E-state index >= 15 is 0 Å². The van der Waals surface area contributed by atoms with Gasteiger partial charge in [-0.3, -0.25) is 0 Å². The molecule has 0 aliphatic carbocycles. The number of rotatable bonds is 5. The third-order valence-electron chi connectivity index (χ3n) is 4.01. The van der Waals surface area contributed by atoms with E-state index in [1.165, 1.54) is 5.56 Å². The average Bonchev–Trinajstić information content (AvgIpc) is 2.55. The Morgan fingerprint density at radius 2 is 1.64 bits per heavy atom. The SMILES string of the molecule is CC(C)(C)c1ccc(C(CC=Cc2ccc(Cl)cc2)N=C(N)N)cc1. The van der Waals surface area contributed by atoms with Crippen LogP contribution in [0.15, 0.2) is 59.6 Å². The summed E-state index contributed by atoms with van der Waals surface area (Å²) < 4.78 is 0. The molecular formula is C21H26ClN3. The Balaban J connectivity index is 2.16. The van der Waals surface area contributed by atoms with Crippen molar-refractivity contribution in [1.82, 2.24) is 0 Å². The summed E-state index contributed by atoms with van der Waals surface area (Å²) in [5.74, 6) is 0.102. The smallest absolute Gasteiger partial charge is 0.186 e. The highest BCUT2D eigenvalue weighted by Gasteiger charge is 2.15. The average molecular weight is 356 g/mol. The van der Waals surface area contributed by atoms with Crippen molar-refractivity contribution in [3.05, 3.63) is 76.3 Å². The Morgan fingerprint density at radius 1 is 1.04 bits per heavy atom. The normalized spacial score (nSPS) is 13.0. The van der Waals surface area contributed by atoms with Crippen molar-refractivity contribution in [2.45, 2.75) is 38.6 Å². The minimum atomic E-state index is -0.0948. The molecular weight excluding hydrogens is 330 g/mol. The van der Waals surface area contributed by atoms with Crippen molar-refractivity contribution >= 4 is 23.6 Å². The Labute approximate surface area is 155 Å². The third-order valence-corrected chi connectivity index (χ3v) is 4.26. The van der Waals surface area contributed by atoms with Crippen LogP contribution in [0.4, 0.5) is 0 Å². The van der Waals surface area contributed by atoms with Gasteiger partial charge in [0.1, 0.15) is 0 Å². The summed E-state index contributed by atoms with van der Waals surface area (Å²) in [6, 6.07) is 16.1. The van der Waals surface area contributed by atoms with Gasteiger partial charge in [0.15, 0.2) is 5.96 Å². The molecule has 25 heavy (non-hydrogen) atoms. The lowest BCUT2D eigenvalue weighted by atomic mass is 9.86. The molecule has 1 atom stereocenters. The second-order valence-electron chi connectivity index (χ2n) is 7.13. The first kappa shape index (κ1) is 19.1. The first-order valence-corrected chi connectivity index (χ1v) is 8.75. The molecule has 0 aliphatic heterocycles. The van der Waals surface area contributed by atoms with Crippen LogP contribution in [-0.2, 0) is 5.41 Å². The summed E-state index contributed by atoms with van der Waals surface area (Å²) in [6.07, 6.45) is 4.85. The van der Waals surface area contributed by atoms with E-state index in [0.29, 0.717) is 0 Å². The highest BCUT2D eigenvalue weighted by atomic mass is 35.5. The first-order valence-electron chi connectivity index (χ1n) is 8.37. The van der Waals surface area contributed by atoms with Crippen molar-refractivity contribution in [2.75, 3.05) is 0 Å². The van der Waals surface area contributed by atoms with E-state index < -0.39 is 0 Å². The summed E-state index contributed by atoms with van der Waals surface area (Å²) in [4.78, 5) is 4.38. The van der Waals surface area contributed by atoms with Gasteiger partial charge in [-0.05, 0) is 40.7 Å². The fraction of sp³-hybridized carbons (Fsp3) is 0.286. The van der Waals surface area contributed by atoms with Crippen molar-refractivity contribution < 1.29 is 0 Å². The molecule has 2 aromatic rings. The lowest BCUT2D eigenvalue weighted by molar-refractivity contribution is 0.589. The molecule has 4 N–H and O–H groups in total. The molecule has 0 heterocycles. The monoisotopic (exact) mass is 355 g/mol. The van der Waals surface area contributed by atoms with E-state index in [1.54, 1.807) is 0 Å². The van der Waals surface area contributed by atoms with E-state index in [9.17, 15) is 0 Å². The topological polar surface area (TPSA) is 64.4 Å². The maximum atomic E-state index is 5.91. The number of nitrogens with two attached hydrogens (primary N) is 2. The molecule has 0 aromatic heterocycles. The van der Waals surface area contributed by atoms with Crippen molar-refractivity contribution in [1.29, 1.82) is 0 Å². The lowest BCUT2D eigenvalue weighted by Gasteiger charge is -2.20. The number of hydrogen-bond donors (Lipinski definition) is 2. The molecule has 2 rings (SSSR count). The van der Waals surface area contributed by atoms with E-state index in [1.807, 2.05) is 24.3 Å². The summed E-state index contributed by atoms with van der Waals surface area (Å²) in [6.45, 7) is 6.60. The molecule has 132 valence electrons. The molecule has 0 fully saturated rings. The molecule has 0 saturated carbocycles. The standard InChI is InChI=1S/C21H26ClN3/c1-21(2,3)17-11-9-16(10-12-17)19(25-20(23)24)6-4-5-15-7-13-18(22)14-8-15/h4-5,7-14,19H,6H2,1-3H3,(H4,23,24,25). The van der Waals surface area contributed by atoms with Gasteiger partial charge in [-0.25, -0.2) is 4.99 Å².